The molecule has 1 aliphatic rings. The third kappa shape index (κ3) is 5.33. The molecule has 0 saturated carbocycles. The number of rotatable bonds is 5. The molecule has 1 saturated heterocycles. The minimum absolute atomic E-state index is 0.205. The molecular weight excluding hydrogens is 333 g/mol. The van der Waals surface area contributed by atoms with Crippen LogP contribution in [0, 0.1) is 5.82 Å². The molecule has 0 N–H and O–H groups in total. The van der Waals surface area contributed by atoms with Crippen molar-refractivity contribution in [2.24, 2.45) is 0 Å². The van der Waals surface area contributed by atoms with Crippen molar-refractivity contribution in [3.05, 3.63) is 66.0 Å². The summed E-state index contributed by atoms with van der Waals surface area (Å²) in [7, 11) is 0. The van der Waals surface area contributed by atoms with Crippen LogP contribution in [-0.2, 0) is 4.79 Å². The number of amides is 1. The maximum Gasteiger partial charge on any atom is 0.223 e. The van der Waals surface area contributed by atoms with Gasteiger partial charge >= 0.3 is 0 Å². The normalized spacial score (nSPS) is 18.0. The summed E-state index contributed by atoms with van der Waals surface area (Å²) in [5.41, 5.74) is 1.14. The van der Waals surface area contributed by atoms with Gasteiger partial charge in [0, 0.05) is 36.1 Å². The van der Waals surface area contributed by atoms with Gasteiger partial charge in [-0.25, -0.2) is 4.39 Å². The molecule has 1 atom stereocenters. The molecule has 1 heterocycles. The van der Waals surface area contributed by atoms with Gasteiger partial charge in [-0.3, -0.25) is 4.79 Å². The van der Waals surface area contributed by atoms with E-state index in [0.29, 0.717) is 12.3 Å². The van der Waals surface area contributed by atoms with E-state index in [0.717, 1.165) is 43.7 Å². The molecule has 4 heteroatoms. The summed E-state index contributed by atoms with van der Waals surface area (Å²) in [6.45, 7) is 1.59. The van der Waals surface area contributed by atoms with E-state index in [9.17, 15) is 9.18 Å². The van der Waals surface area contributed by atoms with Crippen LogP contribution in [-0.4, -0.2) is 29.6 Å². The first-order valence-corrected chi connectivity index (χ1v) is 9.92. The van der Waals surface area contributed by atoms with Gasteiger partial charge in [0.25, 0.3) is 0 Å². The molecule has 1 unspecified atom stereocenters. The third-order valence-corrected chi connectivity index (χ3v) is 5.71. The maximum absolute atomic E-state index is 13.2. The topological polar surface area (TPSA) is 20.3 Å². The summed E-state index contributed by atoms with van der Waals surface area (Å²) >= 11 is 1.73. The monoisotopic (exact) mass is 357 g/mol. The van der Waals surface area contributed by atoms with Crippen LogP contribution >= 0.6 is 11.8 Å². The van der Waals surface area contributed by atoms with Crippen molar-refractivity contribution in [1.82, 2.24) is 4.90 Å². The number of nitrogens with zero attached hydrogens (tertiary/aromatic N) is 1. The van der Waals surface area contributed by atoms with E-state index in [4.69, 9.17) is 0 Å². The third-order valence-electron chi connectivity index (χ3n) is 4.69. The van der Waals surface area contributed by atoms with Crippen LogP contribution in [0.1, 0.15) is 37.2 Å². The van der Waals surface area contributed by atoms with Crippen molar-refractivity contribution < 1.29 is 9.18 Å². The van der Waals surface area contributed by atoms with Crippen molar-refractivity contribution in [3.63, 3.8) is 0 Å². The first-order chi connectivity index (χ1) is 12.2. The SMILES string of the molecule is O=C(CCSc1ccccc1)N1CCCCC(c2ccc(F)cc2)C1. The van der Waals surface area contributed by atoms with Crippen LogP contribution in [0.5, 0.6) is 0 Å². The van der Waals surface area contributed by atoms with E-state index < -0.39 is 0 Å². The highest BCUT2D eigenvalue weighted by atomic mass is 32.2. The lowest BCUT2D eigenvalue weighted by Crippen LogP contribution is -2.34. The lowest BCUT2D eigenvalue weighted by molar-refractivity contribution is -0.130. The Hall–Kier alpha value is -1.81. The highest BCUT2D eigenvalue weighted by Crippen LogP contribution is 2.27. The molecule has 0 bridgehead atoms. The summed E-state index contributed by atoms with van der Waals surface area (Å²) < 4.78 is 13.2. The van der Waals surface area contributed by atoms with Crippen LogP contribution in [0.3, 0.4) is 0 Å². The van der Waals surface area contributed by atoms with E-state index in [1.165, 1.54) is 17.0 Å². The molecule has 0 spiro atoms. The van der Waals surface area contributed by atoms with Crippen LogP contribution in [0.4, 0.5) is 4.39 Å². The second-order valence-corrected chi connectivity index (χ2v) is 7.66. The minimum Gasteiger partial charge on any atom is -0.342 e. The molecule has 2 aromatic rings. The van der Waals surface area contributed by atoms with Crippen molar-refractivity contribution in [3.8, 4) is 0 Å². The number of likely N-dealkylation sites (tertiary alicyclic amines) is 1. The fourth-order valence-corrected chi connectivity index (χ4v) is 4.17. The smallest absolute Gasteiger partial charge is 0.223 e. The zero-order chi connectivity index (χ0) is 17.5. The summed E-state index contributed by atoms with van der Waals surface area (Å²) in [5.74, 6) is 1.15. The molecule has 0 aromatic heterocycles. The van der Waals surface area contributed by atoms with Crippen LogP contribution < -0.4 is 0 Å². The Morgan fingerprint density at radius 3 is 2.60 bits per heavy atom. The fourth-order valence-electron chi connectivity index (χ4n) is 3.31. The number of hydrogen-bond acceptors (Lipinski definition) is 2. The minimum atomic E-state index is -0.205. The first-order valence-electron chi connectivity index (χ1n) is 8.93. The predicted octanol–water partition coefficient (Wildman–Crippen LogP) is 5.10. The second kappa shape index (κ2) is 9.04. The fraction of sp³-hybridized carbons (Fsp3) is 0.381. The molecule has 3 rings (SSSR count). The Labute approximate surface area is 153 Å². The zero-order valence-electron chi connectivity index (χ0n) is 14.4. The molecule has 132 valence electrons. The van der Waals surface area contributed by atoms with E-state index in [-0.39, 0.29) is 11.7 Å². The quantitative estimate of drug-likeness (QED) is 0.694. The molecule has 1 aliphatic heterocycles. The van der Waals surface area contributed by atoms with Crippen LogP contribution in [0.15, 0.2) is 59.5 Å². The van der Waals surface area contributed by atoms with E-state index >= 15 is 0 Å². The molecule has 25 heavy (non-hydrogen) atoms. The Balaban J connectivity index is 1.54. The molecule has 1 amide bonds. The lowest BCUT2D eigenvalue weighted by Gasteiger charge is -2.25. The number of benzene rings is 2. The summed E-state index contributed by atoms with van der Waals surface area (Å²) in [6.07, 6.45) is 3.80. The summed E-state index contributed by atoms with van der Waals surface area (Å²) in [4.78, 5) is 15.8. The number of halogens is 1. The van der Waals surface area contributed by atoms with Gasteiger partial charge in [-0.1, -0.05) is 36.8 Å². The average molecular weight is 357 g/mol. The predicted molar refractivity (Wildman–Crippen MR) is 101 cm³/mol. The van der Waals surface area contributed by atoms with Crippen molar-refractivity contribution >= 4 is 17.7 Å². The Kier molecular flexibility index (Phi) is 6.51. The van der Waals surface area contributed by atoms with Gasteiger partial charge in [-0.05, 0) is 42.7 Å². The van der Waals surface area contributed by atoms with Crippen LogP contribution in [0.25, 0.3) is 0 Å². The van der Waals surface area contributed by atoms with E-state index in [1.54, 1.807) is 11.8 Å². The molecule has 0 aliphatic carbocycles. The van der Waals surface area contributed by atoms with Crippen molar-refractivity contribution in [2.45, 2.75) is 36.5 Å². The Bertz CT molecular complexity index is 674. The van der Waals surface area contributed by atoms with Gasteiger partial charge in [-0.15, -0.1) is 11.8 Å². The summed E-state index contributed by atoms with van der Waals surface area (Å²) in [5, 5.41) is 0. The lowest BCUT2D eigenvalue weighted by atomic mass is 9.94. The average Bonchev–Trinajstić information content (AvgIpc) is 2.89. The maximum atomic E-state index is 13.2. The molecule has 2 nitrogen and oxygen atoms in total. The zero-order valence-corrected chi connectivity index (χ0v) is 15.2. The standard InChI is InChI=1S/C21H24FNOS/c22-19-11-9-17(10-12-19)18-6-4-5-14-23(16-18)21(24)13-15-25-20-7-2-1-3-8-20/h1-3,7-12,18H,4-6,13-16H2. The number of carbonyl (C=O) groups excluding carboxylic acids is 1. The van der Waals surface area contributed by atoms with Gasteiger partial charge in [-0.2, -0.15) is 0 Å². The van der Waals surface area contributed by atoms with Crippen molar-refractivity contribution in [1.29, 1.82) is 0 Å². The van der Waals surface area contributed by atoms with E-state index in [2.05, 4.69) is 12.1 Å². The molecule has 1 fully saturated rings. The highest BCUT2D eigenvalue weighted by Gasteiger charge is 2.22. The molecule has 0 radical (unpaired) electrons. The van der Waals surface area contributed by atoms with Gasteiger partial charge in [0.1, 0.15) is 5.82 Å². The van der Waals surface area contributed by atoms with Crippen molar-refractivity contribution in [2.75, 3.05) is 18.8 Å². The number of thioether (sulfide) groups is 1. The van der Waals surface area contributed by atoms with Gasteiger partial charge in [0.05, 0.1) is 0 Å². The van der Waals surface area contributed by atoms with Gasteiger partial charge < -0.3 is 4.90 Å². The number of hydrogen-bond donors (Lipinski definition) is 0. The largest absolute Gasteiger partial charge is 0.342 e. The van der Waals surface area contributed by atoms with Gasteiger partial charge in [0.15, 0.2) is 0 Å². The van der Waals surface area contributed by atoms with E-state index in [1.807, 2.05) is 35.2 Å². The second-order valence-electron chi connectivity index (χ2n) is 6.50. The number of carbonyl (C=O) groups is 1. The Morgan fingerprint density at radius 2 is 1.84 bits per heavy atom. The highest BCUT2D eigenvalue weighted by molar-refractivity contribution is 7.99. The first kappa shape index (κ1) is 18.0. The van der Waals surface area contributed by atoms with Gasteiger partial charge in [0.2, 0.25) is 5.91 Å². The Morgan fingerprint density at radius 1 is 1.08 bits per heavy atom. The van der Waals surface area contributed by atoms with Crippen LogP contribution in [0.2, 0.25) is 0 Å². The molecule has 2 aromatic carbocycles. The molecular formula is C21H24FNOS. The summed E-state index contributed by atoms with van der Waals surface area (Å²) in [6, 6.07) is 16.9.